The quantitative estimate of drug-likeness (QED) is 0.111. The van der Waals surface area contributed by atoms with Crippen molar-refractivity contribution in [1.82, 2.24) is 0 Å². The van der Waals surface area contributed by atoms with Crippen LogP contribution in [0, 0.1) is 11.8 Å². The van der Waals surface area contributed by atoms with Gasteiger partial charge in [0.15, 0.2) is 0 Å². The monoisotopic (exact) mass is 594 g/mol. The normalized spacial score (nSPS) is 15.1. The number of aliphatic hydroxyl groups excluding tert-OH is 1. The van der Waals surface area contributed by atoms with Crippen molar-refractivity contribution in [2.75, 3.05) is 0 Å². The Hall–Kier alpha value is -1.27. The molecular formula is C30H50O4Sn. The van der Waals surface area contributed by atoms with Crippen LogP contribution in [0.2, 0.25) is 13.3 Å². The molecule has 0 saturated carbocycles. The van der Waals surface area contributed by atoms with E-state index in [0.29, 0.717) is 0 Å². The Balaban J connectivity index is 2.75. The molecular weight excluding hydrogens is 543 g/mol. The molecule has 0 aliphatic rings. The number of hydrogen-bond acceptors (Lipinski definition) is 4. The van der Waals surface area contributed by atoms with Crippen LogP contribution in [0.3, 0.4) is 0 Å². The third-order valence-corrected chi connectivity index (χ3v) is 23.7. The van der Waals surface area contributed by atoms with Crippen molar-refractivity contribution in [3.63, 3.8) is 0 Å². The minimum atomic E-state index is -2.44. The van der Waals surface area contributed by atoms with Gasteiger partial charge in [0.1, 0.15) is 0 Å². The van der Waals surface area contributed by atoms with Gasteiger partial charge in [0, 0.05) is 0 Å². The number of allylic oxidation sites excluding steroid dienone is 1. The van der Waals surface area contributed by atoms with Crippen molar-refractivity contribution < 1.29 is 19.4 Å². The summed E-state index contributed by atoms with van der Waals surface area (Å²) in [6, 6.07) is 9.50. The van der Waals surface area contributed by atoms with Gasteiger partial charge in [-0.15, -0.1) is 0 Å². The maximum atomic E-state index is 11.9. The molecule has 0 saturated heterocycles. The van der Waals surface area contributed by atoms with Gasteiger partial charge in [0.2, 0.25) is 0 Å². The second-order valence-corrected chi connectivity index (χ2v) is 24.0. The SMILES string of the molecule is CCC[CH2][Sn]([CH2]CCC)([CH2]CCC)/[C](C)=C\[C@H](C)[C@@H](O)[C@@H](C)/C=C\OC(=O)OCc1ccccc1. The fourth-order valence-electron chi connectivity index (χ4n) is 4.74. The number of ether oxygens (including phenoxy) is 2. The summed E-state index contributed by atoms with van der Waals surface area (Å²) in [5.41, 5.74) is 0.909. The fourth-order valence-corrected chi connectivity index (χ4v) is 20.8. The average molecular weight is 593 g/mol. The second-order valence-electron chi connectivity index (χ2n) is 10.1. The Morgan fingerprint density at radius 3 is 2.00 bits per heavy atom. The summed E-state index contributed by atoms with van der Waals surface area (Å²) in [6.07, 6.45) is 12.0. The molecule has 0 aliphatic heterocycles. The molecule has 35 heavy (non-hydrogen) atoms. The molecule has 198 valence electrons. The first kappa shape index (κ1) is 31.8. The summed E-state index contributed by atoms with van der Waals surface area (Å²) < 4.78 is 16.1. The summed E-state index contributed by atoms with van der Waals surface area (Å²) in [5, 5.41) is 11.0. The predicted molar refractivity (Wildman–Crippen MR) is 150 cm³/mol. The molecule has 4 nitrogen and oxygen atoms in total. The van der Waals surface area contributed by atoms with Gasteiger partial charge in [0.25, 0.3) is 0 Å². The number of benzene rings is 1. The molecule has 0 amide bonds. The van der Waals surface area contributed by atoms with Crippen LogP contribution in [0.15, 0.2) is 52.3 Å². The third-order valence-electron chi connectivity index (χ3n) is 7.20. The van der Waals surface area contributed by atoms with Gasteiger partial charge in [0.05, 0.1) is 0 Å². The van der Waals surface area contributed by atoms with Crippen molar-refractivity contribution in [2.24, 2.45) is 11.8 Å². The van der Waals surface area contributed by atoms with Gasteiger partial charge < -0.3 is 0 Å². The molecule has 1 rings (SSSR count). The van der Waals surface area contributed by atoms with E-state index in [0.717, 1.165) is 5.56 Å². The Labute approximate surface area is 219 Å². The zero-order valence-electron chi connectivity index (χ0n) is 23.1. The average Bonchev–Trinajstić information content (AvgIpc) is 2.87. The summed E-state index contributed by atoms with van der Waals surface area (Å²) in [5.74, 6) is -0.0804. The molecule has 0 aliphatic carbocycles. The standard InChI is InChI=1S/C18H23O4.3C4H9.Sn/c1-4-8-14(2)17(19)15(3)11-12-21-18(20)22-13-16-9-6-5-7-10-16;3*1-3-4-2;/h5-12,14-15,17,19H,13H2,1-3H3;3*1,3-4H2,2H3;/b8-4?,12-11-;;;;/t14-,15-,17+;;;;/m0..../s1. The van der Waals surface area contributed by atoms with E-state index in [1.807, 2.05) is 37.3 Å². The molecule has 1 aromatic rings. The Kier molecular flexibility index (Phi) is 16.4. The number of hydrogen-bond donors (Lipinski definition) is 1. The van der Waals surface area contributed by atoms with Crippen LogP contribution < -0.4 is 0 Å². The van der Waals surface area contributed by atoms with Crippen LogP contribution in [-0.4, -0.2) is 35.7 Å². The Bertz CT molecular complexity index is 737. The van der Waals surface area contributed by atoms with E-state index in [1.165, 1.54) is 58.1 Å². The van der Waals surface area contributed by atoms with Crippen LogP contribution in [-0.2, 0) is 16.1 Å². The van der Waals surface area contributed by atoms with Crippen LogP contribution in [0.4, 0.5) is 4.79 Å². The van der Waals surface area contributed by atoms with Crippen LogP contribution in [0.1, 0.15) is 85.6 Å². The molecule has 5 heteroatoms. The van der Waals surface area contributed by atoms with Crippen molar-refractivity contribution >= 4 is 24.5 Å². The molecule has 0 aromatic heterocycles. The van der Waals surface area contributed by atoms with E-state index in [4.69, 9.17) is 9.47 Å². The Morgan fingerprint density at radius 2 is 1.49 bits per heavy atom. The summed E-state index contributed by atoms with van der Waals surface area (Å²) in [4.78, 5) is 11.9. The molecule has 0 fully saturated rings. The van der Waals surface area contributed by atoms with E-state index >= 15 is 0 Å². The van der Waals surface area contributed by atoms with E-state index in [2.05, 4.69) is 40.7 Å². The van der Waals surface area contributed by atoms with Gasteiger partial charge in [-0.1, -0.05) is 30.3 Å². The van der Waals surface area contributed by atoms with Crippen molar-refractivity contribution in [2.45, 2.75) is 106 Å². The van der Waals surface area contributed by atoms with Crippen LogP contribution in [0.25, 0.3) is 0 Å². The zero-order chi connectivity index (χ0) is 26.1. The molecule has 0 heterocycles. The second kappa shape index (κ2) is 18.0. The fraction of sp³-hybridized carbons (Fsp3) is 0.633. The summed E-state index contributed by atoms with van der Waals surface area (Å²) in [6.45, 7) is 13.5. The van der Waals surface area contributed by atoms with Crippen LogP contribution >= 0.6 is 0 Å². The Morgan fingerprint density at radius 1 is 0.943 bits per heavy atom. The summed E-state index contributed by atoms with van der Waals surface area (Å²) in [7, 11) is 0. The van der Waals surface area contributed by atoms with E-state index in [-0.39, 0.29) is 18.4 Å². The predicted octanol–water partition coefficient (Wildman–Crippen LogP) is 8.82. The van der Waals surface area contributed by atoms with Crippen LogP contribution in [0.5, 0.6) is 0 Å². The zero-order valence-corrected chi connectivity index (χ0v) is 25.9. The first-order chi connectivity index (χ1) is 16.8. The molecule has 1 aromatic carbocycles. The molecule has 1 N–H and O–H groups in total. The van der Waals surface area contributed by atoms with Crippen molar-refractivity contribution in [3.05, 3.63) is 57.9 Å². The molecule has 0 bridgehead atoms. The van der Waals surface area contributed by atoms with E-state index in [9.17, 15) is 9.90 Å². The summed E-state index contributed by atoms with van der Waals surface area (Å²) >= 11 is -2.44. The first-order valence-electron chi connectivity index (χ1n) is 13.7. The molecule has 0 unspecified atom stereocenters. The van der Waals surface area contributed by atoms with Crippen molar-refractivity contribution in [3.8, 4) is 0 Å². The van der Waals surface area contributed by atoms with Gasteiger partial charge >= 0.3 is 189 Å². The number of rotatable bonds is 17. The molecule has 0 spiro atoms. The smallest absolute Gasteiger partial charge is 0.0622 e. The first-order valence-corrected chi connectivity index (χ1v) is 21.2. The number of aliphatic hydroxyl groups is 1. The van der Waals surface area contributed by atoms with E-state index < -0.39 is 30.6 Å². The van der Waals surface area contributed by atoms with E-state index in [1.54, 1.807) is 9.67 Å². The van der Waals surface area contributed by atoms with Gasteiger partial charge in [-0.05, 0) is 0 Å². The molecule has 0 radical (unpaired) electrons. The maximum absolute atomic E-state index is 11.9. The topological polar surface area (TPSA) is 55.8 Å². The third kappa shape index (κ3) is 12.0. The minimum Gasteiger partial charge on any atom is -0.0622 e. The minimum absolute atomic E-state index is 0.0561. The number of unbranched alkanes of at least 4 members (excludes halogenated alkanes) is 3. The number of carbonyl (C=O) groups is 1. The van der Waals surface area contributed by atoms with Crippen molar-refractivity contribution in [1.29, 1.82) is 0 Å². The van der Waals surface area contributed by atoms with Gasteiger partial charge in [-0.25, -0.2) is 0 Å². The van der Waals surface area contributed by atoms with Gasteiger partial charge in [-0.2, -0.15) is 0 Å². The molecule has 3 atom stereocenters. The van der Waals surface area contributed by atoms with Gasteiger partial charge in [-0.3, -0.25) is 0 Å². The number of carbonyl (C=O) groups excluding carboxylic acids is 1.